The second-order valence-electron chi connectivity index (χ2n) is 5.99. The fraction of sp³-hybridized carbons (Fsp3) is 0.222. The molecule has 0 spiro atoms. The Kier molecular flexibility index (Phi) is 6.65. The fourth-order valence-corrected chi connectivity index (χ4v) is 3.85. The largest absolute Gasteiger partial charge is 0.417 e. The molecule has 29 heavy (non-hydrogen) atoms. The number of hydrogen-bond donors (Lipinski definition) is 3. The van der Waals surface area contributed by atoms with Gasteiger partial charge in [0, 0.05) is 18.3 Å². The number of hydrogen-bond acceptors (Lipinski definition) is 4. The first-order valence-electron chi connectivity index (χ1n) is 8.27. The molecule has 0 aliphatic heterocycles. The van der Waals surface area contributed by atoms with Crippen LogP contribution in [-0.4, -0.2) is 33.3 Å². The summed E-state index contributed by atoms with van der Waals surface area (Å²) in [7, 11) is -3.20. The molecular weight excluding hydrogens is 411 g/mol. The van der Waals surface area contributed by atoms with Gasteiger partial charge in [-0.25, -0.2) is 8.42 Å². The molecule has 0 heterocycles. The number of amides is 2. The van der Waals surface area contributed by atoms with Gasteiger partial charge in [0.15, 0.2) is 0 Å². The van der Waals surface area contributed by atoms with Crippen molar-refractivity contribution < 1.29 is 31.2 Å². The summed E-state index contributed by atoms with van der Waals surface area (Å²) in [5, 5.41) is 4.83. The van der Waals surface area contributed by atoms with Crippen LogP contribution in [0.3, 0.4) is 0 Å². The van der Waals surface area contributed by atoms with Crippen molar-refractivity contribution in [1.82, 2.24) is 10.0 Å². The summed E-state index contributed by atoms with van der Waals surface area (Å²) in [5.74, 6) is -1.20. The van der Waals surface area contributed by atoms with Gasteiger partial charge in [-0.05, 0) is 37.3 Å². The maximum absolute atomic E-state index is 13.1. The molecule has 0 fully saturated rings. The number of nitrogens with one attached hydrogen (secondary N) is 3. The van der Waals surface area contributed by atoms with Crippen molar-refractivity contribution in [3.05, 3.63) is 59.7 Å². The number of alkyl halides is 3. The number of carbonyl (C=O) groups is 2. The Morgan fingerprint density at radius 2 is 1.69 bits per heavy atom. The van der Waals surface area contributed by atoms with E-state index >= 15 is 0 Å². The summed E-state index contributed by atoms with van der Waals surface area (Å²) in [6.45, 7) is 1.19. The van der Waals surface area contributed by atoms with Crippen LogP contribution in [0.5, 0.6) is 0 Å². The van der Waals surface area contributed by atoms with E-state index in [1.54, 1.807) is 0 Å². The molecule has 0 saturated carbocycles. The van der Waals surface area contributed by atoms with E-state index in [0.29, 0.717) is 6.07 Å². The second-order valence-corrected chi connectivity index (χ2v) is 7.67. The van der Waals surface area contributed by atoms with Crippen LogP contribution in [0.15, 0.2) is 53.4 Å². The minimum absolute atomic E-state index is 0.220. The molecule has 0 radical (unpaired) electrons. The average molecular weight is 429 g/mol. The Hall–Kier alpha value is -2.92. The molecule has 2 amide bonds. The van der Waals surface area contributed by atoms with E-state index in [4.69, 9.17) is 0 Å². The van der Waals surface area contributed by atoms with Crippen LogP contribution < -0.4 is 15.4 Å². The van der Waals surface area contributed by atoms with Crippen molar-refractivity contribution in [3.8, 4) is 0 Å². The van der Waals surface area contributed by atoms with Gasteiger partial charge in [0.2, 0.25) is 15.9 Å². The molecule has 7 nitrogen and oxygen atoms in total. The zero-order valence-electron chi connectivity index (χ0n) is 15.4. The normalized spacial score (nSPS) is 12.9. The van der Waals surface area contributed by atoms with Gasteiger partial charge in [-0.3, -0.25) is 9.59 Å². The van der Waals surface area contributed by atoms with Gasteiger partial charge in [-0.15, -0.1) is 0 Å². The van der Waals surface area contributed by atoms with Gasteiger partial charge >= 0.3 is 6.18 Å². The zero-order chi connectivity index (χ0) is 21.8. The Bertz CT molecular complexity index is 1020. The van der Waals surface area contributed by atoms with E-state index in [9.17, 15) is 31.2 Å². The molecule has 11 heteroatoms. The molecule has 1 atom stereocenters. The summed E-state index contributed by atoms with van der Waals surface area (Å²) >= 11 is 0. The number of benzene rings is 2. The molecule has 0 saturated heterocycles. The lowest BCUT2D eigenvalue weighted by molar-refractivity contribution is -0.139. The van der Waals surface area contributed by atoms with Crippen molar-refractivity contribution in [2.45, 2.75) is 24.0 Å². The highest BCUT2D eigenvalue weighted by Gasteiger charge is 2.37. The van der Waals surface area contributed by atoms with Crippen LogP contribution in [0.1, 0.15) is 22.8 Å². The molecule has 0 aliphatic carbocycles. The van der Waals surface area contributed by atoms with Gasteiger partial charge in [-0.1, -0.05) is 18.2 Å². The van der Waals surface area contributed by atoms with Crippen molar-refractivity contribution >= 4 is 27.5 Å². The van der Waals surface area contributed by atoms with Gasteiger partial charge in [0.1, 0.15) is 0 Å². The summed E-state index contributed by atoms with van der Waals surface area (Å²) in [4.78, 5) is 23.0. The highest BCUT2D eigenvalue weighted by molar-refractivity contribution is 7.89. The molecule has 0 bridgehead atoms. The predicted octanol–water partition coefficient (Wildman–Crippen LogP) is 2.37. The first kappa shape index (κ1) is 22.4. The smallest absolute Gasteiger partial charge is 0.355 e. The van der Waals surface area contributed by atoms with E-state index in [0.717, 1.165) is 18.2 Å². The lowest BCUT2D eigenvalue weighted by atomic mass is 10.2. The summed E-state index contributed by atoms with van der Waals surface area (Å²) in [6.07, 6.45) is -4.88. The molecule has 3 N–H and O–H groups in total. The Labute approximate surface area is 165 Å². The zero-order valence-corrected chi connectivity index (χ0v) is 16.2. The fourth-order valence-electron chi connectivity index (χ4n) is 2.42. The van der Waals surface area contributed by atoms with Crippen molar-refractivity contribution in [2.75, 3.05) is 12.4 Å². The van der Waals surface area contributed by atoms with Gasteiger partial charge in [-0.2, -0.15) is 17.9 Å². The van der Waals surface area contributed by atoms with E-state index in [2.05, 4.69) is 10.6 Å². The standard InChI is InChI=1S/C18H18F3N3O4S/c1-11(16(25)23-13-7-5-6-12(10-13)17(26)22-2)24-29(27,28)15-9-4-3-8-14(15)18(19,20)21/h3-11,24H,1-2H3,(H,22,26)(H,23,25)/t11-/m0/s1. The molecule has 2 aromatic carbocycles. The highest BCUT2D eigenvalue weighted by atomic mass is 32.2. The molecule has 156 valence electrons. The molecule has 0 aromatic heterocycles. The van der Waals surface area contributed by atoms with Crippen molar-refractivity contribution in [3.63, 3.8) is 0 Å². The van der Waals surface area contributed by atoms with Crippen LogP contribution in [0.4, 0.5) is 18.9 Å². The maximum atomic E-state index is 13.1. The van der Waals surface area contributed by atoms with Gasteiger partial charge in [0.25, 0.3) is 5.91 Å². The van der Waals surface area contributed by atoms with Crippen molar-refractivity contribution in [1.29, 1.82) is 0 Å². The molecule has 0 unspecified atom stereocenters. The third-order valence-electron chi connectivity index (χ3n) is 3.83. The Morgan fingerprint density at radius 1 is 1.03 bits per heavy atom. The monoisotopic (exact) mass is 429 g/mol. The summed E-state index contributed by atoms with van der Waals surface area (Å²) < 4.78 is 66.0. The second kappa shape index (κ2) is 8.62. The van der Waals surface area contributed by atoms with Crippen LogP contribution in [-0.2, 0) is 21.0 Å². The lowest BCUT2D eigenvalue weighted by Crippen LogP contribution is -2.42. The van der Waals surface area contributed by atoms with Crippen LogP contribution >= 0.6 is 0 Å². The van der Waals surface area contributed by atoms with Gasteiger partial charge < -0.3 is 10.6 Å². The topological polar surface area (TPSA) is 104 Å². The third-order valence-corrected chi connectivity index (χ3v) is 5.43. The van der Waals surface area contributed by atoms with Crippen LogP contribution in [0.2, 0.25) is 0 Å². The lowest BCUT2D eigenvalue weighted by Gasteiger charge is -2.17. The average Bonchev–Trinajstić information content (AvgIpc) is 2.66. The number of anilines is 1. The number of sulfonamides is 1. The van der Waals surface area contributed by atoms with Crippen molar-refractivity contribution in [2.24, 2.45) is 0 Å². The molecule has 0 aliphatic rings. The maximum Gasteiger partial charge on any atom is 0.417 e. The summed E-state index contributed by atoms with van der Waals surface area (Å²) in [5.41, 5.74) is -0.853. The van der Waals surface area contributed by atoms with E-state index < -0.39 is 44.5 Å². The molecular formula is C18H18F3N3O4S. The minimum atomic E-state index is -4.88. The van der Waals surface area contributed by atoms with E-state index in [-0.39, 0.29) is 11.3 Å². The van der Waals surface area contributed by atoms with Crippen LogP contribution in [0, 0.1) is 0 Å². The Balaban J connectivity index is 2.19. The number of rotatable bonds is 6. The minimum Gasteiger partial charge on any atom is -0.355 e. The first-order chi connectivity index (χ1) is 13.5. The molecule has 2 rings (SSSR count). The number of carbonyl (C=O) groups excluding carboxylic acids is 2. The Morgan fingerprint density at radius 3 is 2.31 bits per heavy atom. The highest BCUT2D eigenvalue weighted by Crippen LogP contribution is 2.33. The first-order valence-corrected chi connectivity index (χ1v) is 9.75. The summed E-state index contributed by atoms with van der Waals surface area (Å²) in [6, 6.07) is 8.15. The van der Waals surface area contributed by atoms with Crippen LogP contribution in [0.25, 0.3) is 0 Å². The van der Waals surface area contributed by atoms with E-state index in [1.807, 2.05) is 4.72 Å². The SMILES string of the molecule is CNC(=O)c1cccc(NC(=O)[C@H](C)NS(=O)(=O)c2ccccc2C(F)(F)F)c1. The van der Waals surface area contributed by atoms with Gasteiger partial charge in [0.05, 0.1) is 16.5 Å². The third kappa shape index (κ3) is 5.55. The predicted molar refractivity (Wildman–Crippen MR) is 99.7 cm³/mol. The van der Waals surface area contributed by atoms with E-state index in [1.165, 1.54) is 38.2 Å². The quantitative estimate of drug-likeness (QED) is 0.656. The molecule has 2 aromatic rings. The number of halogens is 3.